The van der Waals surface area contributed by atoms with Gasteiger partial charge in [0.1, 0.15) is 22.8 Å². The Kier molecular flexibility index (Phi) is 6.92. The number of aliphatic hydroxyl groups is 1. The fourth-order valence-corrected chi connectivity index (χ4v) is 6.11. The average molecular weight is 569 g/mol. The van der Waals surface area contributed by atoms with Gasteiger partial charge in [-0.3, -0.25) is 18.9 Å². The Labute approximate surface area is 240 Å². The summed E-state index contributed by atoms with van der Waals surface area (Å²) < 4.78 is 13.9. The molecule has 5 aromatic rings. The molecule has 1 aliphatic rings. The van der Waals surface area contributed by atoms with Gasteiger partial charge in [-0.05, 0) is 68.3 Å². The van der Waals surface area contributed by atoms with E-state index in [1.54, 1.807) is 29.7 Å². The van der Waals surface area contributed by atoms with Crippen molar-refractivity contribution in [1.29, 1.82) is 0 Å². The third kappa shape index (κ3) is 4.59. The third-order valence-electron chi connectivity index (χ3n) is 6.91. The van der Waals surface area contributed by atoms with Gasteiger partial charge < -0.3 is 14.6 Å². The molecule has 41 heavy (non-hydrogen) atoms. The van der Waals surface area contributed by atoms with Crippen molar-refractivity contribution in [3.8, 4) is 11.5 Å². The summed E-state index contributed by atoms with van der Waals surface area (Å²) in [7, 11) is 0. The van der Waals surface area contributed by atoms with E-state index in [0.717, 1.165) is 11.1 Å². The first-order valence-corrected chi connectivity index (χ1v) is 14.2. The first-order chi connectivity index (χ1) is 19.9. The minimum atomic E-state index is -0.921. The third-order valence-corrected chi connectivity index (χ3v) is 7.92. The zero-order chi connectivity index (χ0) is 28.7. The number of aromatic nitrogens is 3. The lowest BCUT2D eigenvalue weighted by atomic mass is 9.96. The molecule has 0 bridgehead atoms. The van der Waals surface area contributed by atoms with E-state index in [4.69, 9.17) is 14.5 Å². The molecule has 1 amide bonds. The number of nitrogens with zero attached hydrogens (tertiary/aromatic N) is 4. The topological polar surface area (TPSA) is 106 Å². The smallest absolute Gasteiger partial charge is 0.301 e. The molecule has 0 saturated carbocycles. The highest BCUT2D eigenvalue weighted by Gasteiger charge is 2.48. The number of fused-ring (bicyclic) bond motifs is 2. The van der Waals surface area contributed by atoms with Crippen LogP contribution in [0, 0.1) is 6.92 Å². The van der Waals surface area contributed by atoms with Crippen molar-refractivity contribution < 1.29 is 24.2 Å². The minimum Gasteiger partial charge on any atom is -0.505 e. The number of aryl methyl sites for hydroxylation is 1. The predicted molar refractivity (Wildman–Crippen MR) is 158 cm³/mol. The molecule has 10 heteroatoms. The summed E-state index contributed by atoms with van der Waals surface area (Å²) >= 11 is 1.29. The van der Waals surface area contributed by atoms with Crippen molar-refractivity contribution >= 4 is 49.8 Å². The number of carbonyl (C=O) groups excluding carboxylic acids is 2. The summed E-state index contributed by atoms with van der Waals surface area (Å²) in [6.07, 6.45) is 2.63. The number of thiazole rings is 1. The van der Waals surface area contributed by atoms with Gasteiger partial charge in [-0.15, -0.1) is 0 Å². The number of Topliss-reactive ketones (excluding diaryl/α,β-unsaturated/α-hetero) is 1. The lowest BCUT2D eigenvalue weighted by Gasteiger charge is -2.23. The fourth-order valence-electron chi connectivity index (χ4n) is 5.09. The lowest BCUT2D eigenvalue weighted by molar-refractivity contribution is -0.132. The molecule has 1 atom stereocenters. The number of rotatable bonds is 8. The molecule has 1 fully saturated rings. The second-order valence-corrected chi connectivity index (χ2v) is 10.6. The van der Waals surface area contributed by atoms with Gasteiger partial charge in [0.15, 0.2) is 10.9 Å². The number of ketones is 1. The van der Waals surface area contributed by atoms with Gasteiger partial charge in [-0.1, -0.05) is 36.5 Å². The number of hydrogen-bond donors (Lipinski definition) is 1. The van der Waals surface area contributed by atoms with Crippen molar-refractivity contribution in [2.24, 2.45) is 0 Å². The minimum absolute atomic E-state index is 0.0276. The molecule has 4 heterocycles. The standard InChI is InChI=1S/C31H28N4O5S/c1-4-16-40-20-11-9-19(10-12-20)27-25(28(36)26-18(3)32-24-8-6-7-15-34(24)26)29(37)30(38)35(27)31-33-22-14-13-21(39-5-2)17-23(22)41-31/h6-15,17,27,36H,4-5,16H2,1-3H3. The highest BCUT2D eigenvalue weighted by Crippen LogP contribution is 2.45. The average Bonchev–Trinajstić information content (AvgIpc) is 3.62. The van der Waals surface area contributed by atoms with Gasteiger partial charge >= 0.3 is 5.91 Å². The Bertz CT molecular complexity index is 1820. The van der Waals surface area contributed by atoms with Gasteiger partial charge in [-0.2, -0.15) is 0 Å². The van der Waals surface area contributed by atoms with Crippen LogP contribution in [0.1, 0.15) is 43.3 Å². The summed E-state index contributed by atoms with van der Waals surface area (Å²) in [6.45, 7) is 6.79. The maximum Gasteiger partial charge on any atom is 0.301 e. The number of hydrogen-bond acceptors (Lipinski definition) is 8. The first-order valence-electron chi connectivity index (χ1n) is 13.4. The van der Waals surface area contributed by atoms with Gasteiger partial charge in [0.05, 0.1) is 40.7 Å². The number of anilines is 1. The maximum atomic E-state index is 13.7. The van der Waals surface area contributed by atoms with E-state index in [9.17, 15) is 14.7 Å². The molecule has 1 unspecified atom stereocenters. The number of aliphatic hydroxyl groups excluding tert-OH is 1. The largest absolute Gasteiger partial charge is 0.505 e. The molecule has 1 N–H and O–H groups in total. The highest BCUT2D eigenvalue weighted by atomic mass is 32.1. The van der Waals surface area contributed by atoms with Crippen LogP contribution >= 0.6 is 11.3 Å². The van der Waals surface area contributed by atoms with E-state index in [2.05, 4.69) is 4.98 Å². The second-order valence-electron chi connectivity index (χ2n) is 9.62. The van der Waals surface area contributed by atoms with Crippen LogP contribution < -0.4 is 14.4 Å². The summed E-state index contributed by atoms with van der Waals surface area (Å²) in [5.41, 5.74) is 2.79. The van der Waals surface area contributed by atoms with Gasteiger partial charge in [0.25, 0.3) is 5.78 Å². The SMILES string of the molecule is CCCOc1ccc(C2C(=C(O)c3c(C)nc4ccccn34)C(=O)C(=O)N2c2nc3ccc(OCC)cc3s2)cc1. The first kappa shape index (κ1) is 26.5. The van der Waals surface area contributed by atoms with E-state index in [0.29, 0.717) is 58.0 Å². The van der Waals surface area contributed by atoms with Crippen LogP contribution in [0.4, 0.5) is 5.13 Å². The summed E-state index contributed by atoms with van der Waals surface area (Å²) in [6, 6.07) is 17.3. The second kappa shape index (κ2) is 10.7. The Morgan fingerprint density at radius 3 is 2.54 bits per heavy atom. The van der Waals surface area contributed by atoms with Crippen LogP contribution in [-0.4, -0.2) is 44.4 Å². The number of benzene rings is 2. The van der Waals surface area contributed by atoms with Crippen LogP contribution in [-0.2, 0) is 9.59 Å². The van der Waals surface area contributed by atoms with E-state index < -0.39 is 17.7 Å². The monoisotopic (exact) mass is 568 g/mol. The molecule has 0 aliphatic carbocycles. The van der Waals surface area contributed by atoms with Crippen molar-refractivity contribution in [3.05, 3.63) is 89.4 Å². The quantitative estimate of drug-likeness (QED) is 0.138. The van der Waals surface area contributed by atoms with Crippen LogP contribution in [0.25, 0.3) is 21.6 Å². The molecule has 0 radical (unpaired) electrons. The lowest BCUT2D eigenvalue weighted by Crippen LogP contribution is -2.29. The molecule has 9 nitrogen and oxygen atoms in total. The van der Waals surface area contributed by atoms with Crippen molar-refractivity contribution in [2.45, 2.75) is 33.2 Å². The zero-order valence-corrected chi connectivity index (χ0v) is 23.6. The number of imidazole rings is 1. The molecule has 6 rings (SSSR count). The van der Waals surface area contributed by atoms with Crippen LogP contribution in [0.3, 0.4) is 0 Å². The number of pyridine rings is 1. The molecule has 0 spiro atoms. The van der Waals surface area contributed by atoms with Crippen molar-refractivity contribution in [3.63, 3.8) is 0 Å². The van der Waals surface area contributed by atoms with Crippen LogP contribution in [0.5, 0.6) is 11.5 Å². The molecular weight excluding hydrogens is 540 g/mol. The predicted octanol–water partition coefficient (Wildman–Crippen LogP) is 6.07. The van der Waals surface area contributed by atoms with Gasteiger partial charge in [-0.25, -0.2) is 9.97 Å². The van der Waals surface area contributed by atoms with E-state index in [1.165, 1.54) is 16.2 Å². The Hall–Kier alpha value is -4.70. The van der Waals surface area contributed by atoms with Gasteiger partial charge in [0.2, 0.25) is 0 Å². The van der Waals surface area contributed by atoms with E-state index in [1.807, 2.05) is 62.4 Å². The molecule has 3 aromatic heterocycles. The summed E-state index contributed by atoms with van der Waals surface area (Å²) in [5, 5.41) is 12.1. The maximum absolute atomic E-state index is 13.7. The number of carbonyl (C=O) groups is 2. The summed E-state index contributed by atoms with van der Waals surface area (Å²) in [4.78, 5) is 38.0. The fraction of sp³-hybridized carbons (Fsp3) is 0.226. The Morgan fingerprint density at radius 1 is 1.00 bits per heavy atom. The Balaban J connectivity index is 1.53. The van der Waals surface area contributed by atoms with Crippen LogP contribution in [0.15, 0.2) is 72.4 Å². The van der Waals surface area contributed by atoms with E-state index in [-0.39, 0.29) is 11.3 Å². The Morgan fingerprint density at radius 2 is 1.78 bits per heavy atom. The molecule has 2 aromatic carbocycles. The molecule has 1 saturated heterocycles. The number of amides is 1. The van der Waals surface area contributed by atoms with Crippen molar-refractivity contribution in [1.82, 2.24) is 14.4 Å². The van der Waals surface area contributed by atoms with Crippen LogP contribution in [0.2, 0.25) is 0 Å². The normalized spacial score (nSPS) is 16.7. The molecular formula is C31H28N4O5S. The van der Waals surface area contributed by atoms with E-state index >= 15 is 0 Å². The van der Waals surface area contributed by atoms with Gasteiger partial charge in [0, 0.05) is 6.20 Å². The summed E-state index contributed by atoms with van der Waals surface area (Å²) in [5.74, 6) is -0.483. The molecule has 208 valence electrons. The van der Waals surface area contributed by atoms with Crippen molar-refractivity contribution in [2.75, 3.05) is 18.1 Å². The number of ether oxygens (including phenoxy) is 2. The molecule has 1 aliphatic heterocycles. The highest BCUT2D eigenvalue weighted by molar-refractivity contribution is 7.22. The zero-order valence-electron chi connectivity index (χ0n) is 22.8.